The van der Waals surface area contributed by atoms with Gasteiger partial charge in [-0.1, -0.05) is 6.07 Å². The molecule has 2 aliphatic heterocycles. The van der Waals surface area contributed by atoms with Crippen LogP contribution in [0.2, 0.25) is 0 Å². The van der Waals surface area contributed by atoms with Crippen molar-refractivity contribution in [3.63, 3.8) is 0 Å². The highest BCUT2D eigenvalue weighted by Crippen LogP contribution is 2.34. The lowest BCUT2D eigenvalue weighted by Gasteiger charge is -2.20. The van der Waals surface area contributed by atoms with Gasteiger partial charge in [0.05, 0.1) is 24.0 Å². The lowest BCUT2D eigenvalue weighted by atomic mass is 9.96. The highest BCUT2D eigenvalue weighted by molar-refractivity contribution is 7.88. The first kappa shape index (κ1) is 13.9. The van der Waals surface area contributed by atoms with E-state index in [9.17, 15) is 17.2 Å². The van der Waals surface area contributed by atoms with Crippen LogP contribution in [0.3, 0.4) is 0 Å². The molecular formula is C13H15F2NO3S. The minimum atomic E-state index is -3.80. The summed E-state index contributed by atoms with van der Waals surface area (Å²) < 4.78 is 59.1. The number of fused-ring (bicyclic) bond motifs is 2. The molecule has 3 rings (SSSR count). The molecule has 0 saturated carbocycles. The van der Waals surface area contributed by atoms with Crippen LogP contribution in [0.4, 0.5) is 8.78 Å². The minimum Gasteiger partial charge on any atom is -0.373 e. The average molecular weight is 303 g/mol. The normalized spacial score (nSPS) is 29.0. The van der Waals surface area contributed by atoms with Crippen molar-refractivity contribution < 1.29 is 21.9 Å². The largest absolute Gasteiger partial charge is 0.373 e. The summed E-state index contributed by atoms with van der Waals surface area (Å²) in [4.78, 5) is 0. The van der Waals surface area contributed by atoms with Crippen molar-refractivity contribution in [3.05, 3.63) is 35.4 Å². The van der Waals surface area contributed by atoms with E-state index in [1.807, 2.05) is 0 Å². The van der Waals surface area contributed by atoms with Crippen LogP contribution in [0.15, 0.2) is 18.2 Å². The predicted octanol–water partition coefficient (Wildman–Crippen LogP) is 1.70. The van der Waals surface area contributed by atoms with E-state index in [0.717, 1.165) is 25.0 Å². The molecule has 0 amide bonds. The molecule has 0 spiro atoms. The molecule has 4 nitrogen and oxygen atoms in total. The van der Waals surface area contributed by atoms with Gasteiger partial charge >= 0.3 is 0 Å². The summed E-state index contributed by atoms with van der Waals surface area (Å²) in [6.45, 7) is 0. The van der Waals surface area contributed by atoms with Crippen molar-refractivity contribution in [2.24, 2.45) is 0 Å². The highest BCUT2D eigenvalue weighted by atomic mass is 32.2. The third-order valence-electron chi connectivity index (χ3n) is 3.83. The third kappa shape index (κ3) is 2.70. The van der Waals surface area contributed by atoms with Crippen molar-refractivity contribution >= 4 is 10.0 Å². The van der Waals surface area contributed by atoms with E-state index >= 15 is 0 Å². The van der Waals surface area contributed by atoms with E-state index < -0.39 is 33.0 Å². The zero-order valence-electron chi connectivity index (χ0n) is 10.7. The Morgan fingerprint density at radius 3 is 2.50 bits per heavy atom. The van der Waals surface area contributed by atoms with E-state index in [1.54, 1.807) is 0 Å². The summed E-state index contributed by atoms with van der Waals surface area (Å²) in [6, 6.07) is 3.02. The van der Waals surface area contributed by atoms with Crippen LogP contribution in [-0.2, 0) is 20.5 Å². The van der Waals surface area contributed by atoms with Crippen molar-refractivity contribution in [2.45, 2.75) is 43.3 Å². The summed E-state index contributed by atoms with van der Waals surface area (Å²) >= 11 is 0. The fourth-order valence-electron chi connectivity index (χ4n) is 2.89. The molecule has 2 fully saturated rings. The van der Waals surface area contributed by atoms with Crippen LogP contribution in [0.5, 0.6) is 0 Å². The third-order valence-corrected chi connectivity index (χ3v) is 5.16. The maximum absolute atomic E-state index is 13.5. The van der Waals surface area contributed by atoms with Crippen molar-refractivity contribution in [2.75, 3.05) is 0 Å². The molecule has 2 saturated heterocycles. The topological polar surface area (TPSA) is 55.4 Å². The number of halogens is 2. The fourth-order valence-corrected chi connectivity index (χ4v) is 4.34. The Morgan fingerprint density at radius 2 is 1.95 bits per heavy atom. The van der Waals surface area contributed by atoms with E-state index in [2.05, 4.69) is 4.72 Å². The average Bonchev–Trinajstić information content (AvgIpc) is 2.95. The SMILES string of the molecule is O=S(=O)(Cc1c(F)cccc1F)N[C@H]1C[C@H]2CC[C@H]1O2. The molecule has 0 aromatic heterocycles. The minimum absolute atomic E-state index is 0.109. The molecule has 1 N–H and O–H groups in total. The van der Waals surface area contributed by atoms with E-state index in [4.69, 9.17) is 4.74 Å². The molecule has 1 aromatic carbocycles. The molecule has 3 atom stereocenters. The molecular weight excluding hydrogens is 288 g/mol. The zero-order valence-corrected chi connectivity index (χ0v) is 11.5. The first-order valence-corrected chi connectivity index (χ1v) is 8.18. The maximum atomic E-state index is 13.5. The quantitative estimate of drug-likeness (QED) is 0.921. The zero-order chi connectivity index (χ0) is 14.3. The van der Waals surface area contributed by atoms with E-state index in [0.29, 0.717) is 6.42 Å². The Balaban J connectivity index is 1.73. The summed E-state index contributed by atoms with van der Waals surface area (Å²) in [6.07, 6.45) is 2.40. The molecule has 0 radical (unpaired) electrons. The Bertz CT molecular complexity index is 600. The van der Waals surface area contributed by atoms with Gasteiger partial charge in [0, 0.05) is 5.56 Å². The van der Waals surface area contributed by atoms with Crippen molar-refractivity contribution in [3.8, 4) is 0 Å². The second-order valence-corrected chi connectivity index (χ2v) is 7.05. The molecule has 7 heteroatoms. The Morgan fingerprint density at radius 1 is 1.25 bits per heavy atom. The number of sulfonamides is 1. The van der Waals surface area contributed by atoms with E-state index in [1.165, 1.54) is 6.07 Å². The lowest BCUT2D eigenvalue weighted by molar-refractivity contribution is 0.0996. The number of nitrogens with one attached hydrogen (secondary N) is 1. The van der Waals surface area contributed by atoms with Gasteiger partial charge in [0.25, 0.3) is 0 Å². The molecule has 2 bridgehead atoms. The van der Waals surface area contributed by atoms with Crippen LogP contribution < -0.4 is 4.72 Å². The van der Waals surface area contributed by atoms with Crippen molar-refractivity contribution in [1.29, 1.82) is 0 Å². The Hall–Kier alpha value is -1.05. The van der Waals surface area contributed by atoms with Crippen LogP contribution in [0.1, 0.15) is 24.8 Å². The lowest BCUT2D eigenvalue weighted by Crippen LogP contribution is -2.42. The van der Waals surface area contributed by atoms with Gasteiger partial charge in [-0.15, -0.1) is 0 Å². The van der Waals surface area contributed by atoms with Gasteiger partial charge in [0.2, 0.25) is 10.0 Å². The maximum Gasteiger partial charge on any atom is 0.216 e. The van der Waals surface area contributed by atoms with Gasteiger partial charge in [-0.05, 0) is 31.4 Å². The van der Waals surface area contributed by atoms with Crippen LogP contribution in [0, 0.1) is 11.6 Å². The van der Waals surface area contributed by atoms with Crippen LogP contribution in [0.25, 0.3) is 0 Å². The van der Waals surface area contributed by atoms with Gasteiger partial charge in [0.1, 0.15) is 11.6 Å². The van der Waals surface area contributed by atoms with Gasteiger partial charge in [0.15, 0.2) is 0 Å². The molecule has 0 unspecified atom stereocenters. The molecule has 110 valence electrons. The van der Waals surface area contributed by atoms with Gasteiger partial charge in [-0.25, -0.2) is 21.9 Å². The summed E-state index contributed by atoms with van der Waals surface area (Å²) in [7, 11) is -3.80. The number of ether oxygens (including phenoxy) is 1. The van der Waals surface area contributed by atoms with Gasteiger partial charge < -0.3 is 4.74 Å². The second kappa shape index (κ2) is 5.05. The molecule has 1 aromatic rings. The van der Waals surface area contributed by atoms with Crippen LogP contribution >= 0.6 is 0 Å². The highest BCUT2D eigenvalue weighted by Gasteiger charge is 2.42. The van der Waals surface area contributed by atoms with Crippen LogP contribution in [-0.4, -0.2) is 26.7 Å². The first-order chi connectivity index (χ1) is 9.44. The monoisotopic (exact) mass is 303 g/mol. The molecule has 2 heterocycles. The predicted molar refractivity (Wildman–Crippen MR) is 68.4 cm³/mol. The number of rotatable bonds is 4. The van der Waals surface area contributed by atoms with Gasteiger partial charge in [-0.2, -0.15) is 0 Å². The number of hydrogen-bond acceptors (Lipinski definition) is 3. The fraction of sp³-hybridized carbons (Fsp3) is 0.538. The smallest absolute Gasteiger partial charge is 0.216 e. The molecule has 0 aliphatic carbocycles. The van der Waals surface area contributed by atoms with Gasteiger partial charge in [-0.3, -0.25) is 0 Å². The first-order valence-electron chi connectivity index (χ1n) is 6.53. The van der Waals surface area contributed by atoms with E-state index in [-0.39, 0.29) is 18.2 Å². The number of hydrogen-bond donors (Lipinski definition) is 1. The Labute approximate surface area is 116 Å². The standard InChI is InChI=1S/C13H15F2NO3S/c14-10-2-1-3-11(15)9(10)7-20(17,18)16-12-6-8-4-5-13(12)19-8/h1-3,8,12-13,16H,4-7H2/t8-,12+,13-/m1/s1. The van der Waals surface area contributed by atoms with Crippen molar-refractivity contribution in [1.82, 2.24) is 4.72 Å². The molecule has 2 aliphatic rings. The Kier molecular flexibility index (Phi) is 3.51. The summed E-state index contributed by atoms with van der Waals surface area (Å²) in [5.74, 6) is -2.39. The summed E-state index contributed by atoms with van der Waals surface area (Å²) in [5.41, 5.74) is -0.427. The number of benzene rings is 1. The second-order valence-electron chi connectivity index (χ2n) is 5.29. The molecule has 20 heavy (non-hydrogen) atoms. The summed E-state index contributed by atoms with van der Waals surface area (Å²) in [5, 5.41) is 0.